The number of pyridine rings is 1. The van der Waals surface area contributed by atoms with Crippen LogP contribution in [0.3, 0.4) is 0 Å². The van der Waals surface area contributed by atoms with Crippen LogP contribution in [0.25, 0.3) is 0 Å². The van der Waals surface area contributed by atoms with E-state index in [1.54, 1.807) is 0 Å². The number of piperidine rings is 1. The van der Waals surface area contributed by atoms with E-state index in [0.717, 1.165) is 0 Å². The van der Waals surface area contributed by atoms with Gasteiger partial charge in [0.1, 0.15) is 11.6 Å². The highest BCUT2D eigenvalue weighted by Gasteiger charge is 2.25. The Morgan fingerprint density at radius 1 is 1.52 bits per heavy atom. The molecule has 1 aromatic rings. The molecule has 1 aliphatic heterocycles. The number of hydrogen-bond donors (Lipinski definition) is 2. The summed E-state index contributed by atoms with van der Waals surface area (Å²) < 4.78 is 0. The zero-order chi connectivity index (χ0) is 15.4. The molecule has 21 heavy (non-hydrogen) atoms. The zero-order valence-electron chi connectivity index (χ0n) is 11.9. The van der Waals surface area contributed by atoms with Gasteiger partial charge in [-0.25, -0.2) is 4.98 Å². The smallest absolute Gasteiger partial charge is 0.276 e. The van der Waals surface area contributed by atoms with Gasteiger partial charge in [0.05, 0.1) is 17.1 Å². The number of anilines is 2. The first kappa shape index (κ1) is 15.0. The summed E-state index contributed by atoms with van der Waals surface area (Å²) in [6.07, 6.45) is 1.30. The van der Waals surface area contributed by atoms with Crippen LogP contribution in [-0.2, 0) is 4.79 Å². The number of nitrogens with one attached hydrogen (secondary N) is 1. The van der Waals surface area contributed by atoms with Crippen molar-refractivity contribution in [3.63, 3.8) is 0 Å². The molecule has 0 radical (unpaired) electrons. The van der Waals surface area contributed by atoms with E-state index in [2.05, 4.69) is 10.3 Å². The van der Waals surface area contributed by atoms with Gasteiger partial charge in [-0.05, 0) is 19.8 Å². The van der Waals surface area contributed by atoms with Crippen molar-refractivity contribution in [2.75, 3.05) is 29.9 Å². The maximum atomic E-state index is 11.2. The second-order valence-corrected chi connectivity index (χ2v) is 5.02. The number of aromatic nitrogens is 1. The molecule has 2 rings (SSSR count). The summed E-state index contributed by atoms with van der Waals surface area (Å²) >= 11 is 0. The highest BCUT2D eigenvalue weighted by Crippen LogP contribution is 2.27. The predicted molar refractivity (Wildman–Crippen MR) is 79.2 cm³/mol. The normalized spacial score (nSPS) is 15.8. The fraction of sp³-hybridized carbons (Fsp3) is 0.538. The van der Waals surface area contributed by atoms with E-state index in [9.17, 15) is 14.9 Å². The van der Waals surface area contributed by atoms with Gasteiger partial charge in [-0.1, -0.05) is 0 Å². The standard InChI is InChI=1S/C13H19N5O3/c1-2-15-11-7-10(18(20)21)8-12(16-11)17-5-3-9(4-6-17)13(14)19/h7-9H,2-6H2,1H3,(H2,14,19)(H,15,16). The van der Waals surface area contributed by atoms with Crippen molar-refractivity contribution < 1.29 is 9.72 Å². The summed E-state index contributed by atoms with van der Waals surface area (Å²) in [5.74, 6) is 0.643. The quantitative estimate of drug-likeness (QED) is 0.621. The van der Waals surface area contributed by atoms with Crippen LogP contribution >= 0.6 is 0 Å². The van der Waals surface area contributed by atoms with E-state index < -0.39 is 4.92 Å². The van der Waals surface area contributed by atoms with Crippen molar-refractivity contribution in [2.45, 2.75) is 19.8 Å². The van der Waals surface area contributed by atoms with Crippen LogP contribution in [-0.4, -0.2) is 35.4 Å². The first-order chi connectivity index (χ1) is 10.0. The van der Waals surface area contributed by atoms with Crippen LogP contribution in [0.4, 0.5) is 17.3 Å². The van der Waals surface area contributed by atoms with Crippen LogP contribution in [0, 0.1) is 16.0 Å². The number of nitrogens with zero attached hydrogens (tertiary/aromatic N) is 3. The Balaban J connectivity index is 2.19. The molecule has 1 amide bonds. The maximum absolute atomic E-state index is 11.2. The van der Waals surface area contributed by atoms with Gasteiger partial charge in [0, 0.05) is 25.6 Å². The Hall–Kier alpha value is -2.38. The summed E-state index contributed by atoms with van der Waals surface area (Å²) in [5.41, 5.74) is 5.31. The van der Waals surface area contributed by atoms with Crippen molar-refractivity contribution in [2.24, 2.45) is 11.7 Å². The lowest BCUT2D eigenvalue weighted by molar-refractivity contribution is -0.384. The van der Waals surface area contributed by atoms with E-state index in [-0.39, 0.29) is 17.5 Å². The summed E-state index contributed by atoms with van der Waals surface area (Å²) in [7, 11) is 0. The molecule has 0 aromatic carbocycles. The number of hydrogen-bond acceptors (Lipinski definition) is 6. The van der Waals surface area contributed by atoms with Crippen LogP contribution in [0.5, 0.6) is 0 Å². The van der Waals surface area contributed by atoms with Crippen molar-refractivity contribution in [3.8, 4) is 0 Å². The molecule has 2 heterocycles. The molecule has 0 atom stereocenters. The lowest BCUT2D eigenvalue weighted by atomic mass is 9.96. The Morgan fingerprint density at radius 2 is 2.19 bits per heavy atom. The average molecular weight is 293 g/mol. The second kappa shape index (κ2) is 6.38. The van der Waals surface area contributed by atoms with Gasteiger partial charge in [-0.2, -0.15) is 0 Å². The lowest BCUT2D eigenvalue weighted by Crippen LogP contribution is -2.39. The molecule has 0 saturated carbocycles. The Bertz CT molecular complexity index is 541. The molecule has 114 valence electrons. The van der Waals surface area contributed by atoms with Gasteiger partial charge >= 0.3 is 0 Å². The van der Waals surface area contributed by atoms with Crippen LogP contribution in [0.15, 0.2) is 12.1 Å². The number of carbonyl (C=O) groups excluding carboxylic acids is 1. The van der Waals surface area contributed by atoms with E-state index in [1.807, 2.05) is 11.8 Å². The van der Waals surface area contributed by atoms with Crippen molar-refractivity contribution in [1.82, 2.24) is 4.98 Å². The minimum atomic E-state index is -0.428. The van der Waals surface area contributed by atoms with Crippen molar-refractivity contribution in [3.05, 3.63) is 22.2 Å². The monoisotopic (exact) mass is 293 g/mol. The van der Waals surface area contributed by atoms with Gasteiger partial charge in [-0.15, -0.1) is 0 Å². The summed E-state index contributed by atoms with van der Waals surface area (Å²) in [6, 6.07) is 2.88. The SMILES string of the molecule is CCNc1cc([N+](=O)[O-])cc(N2CCC(C(N)=O)CC2)n1. The summed E-state index contributed by atoms with van der Waals surface area (Å²) in [5, 5.41) is 14.0. The lowest BCUT2D eigenvalue weighted by Gasteiger charge is -2.31. The maximum Gasteiger partial charge on any atom is 0.276 e. The topological polar surface area (TPSA) is 114 Å². The molecule has 1 fully saturated rings. The highest BCUT2D eigenvalue weighted by molar-refractivity contribution is 5.77. The van der Waals surface area contributed by atoms with Gasteiger partial charge in [0.25, 0.3) is 5.69 Å². The molecule has 0 unspecified atom stereocenters. The number of nitrogens with two attached hydrogens (primary N) is 1. The molecular weight excluding hydrogens is 274 g/mol. The Labute approximate surface area is 122 Å². The van der Waals surface area contributed by atoms with Crippen molar-refractivity contribution >= 4 is 23.2 Å². The molecule has 0 bridgehead atoms. The molecule has 0 aliphatic carbocycles. The van der Waals surface area contributed by atoms with Gasteiger partial charge in [0.15, 0.2) is 0 Å². The number of amides is 1. The molecule has 0 spiro atoms. The number of rotatable bonds is 5. The van der Waals surface area contributed by atoms with Gasteiger partial charge in [0.2, 0.25) is 5.91 Å². The first-order valence-corrected chi connectivity index (χ1v) is 6.96. The molecule has 8 heteroatoms. The molecule has 1 aliphatic rings. The Kier molecular flexibility index (Phi) is 4.56. The molecule has 8 nitrogen and oxygen atoms in total. The highest BCUT2D eigenvalue weighted by atomic mass is 16.6. The fourth-order valence-corrected chi connectivity index (χ4v) is 2.43. The first-order valence-electron chi connectivity index (χ1n) is 6.96. The number of nitro groups is 1. The van der Waals surface area contributed by atoms with E-state index in [1.165, 1.54) is 12.1 Å². The third-order valence-electron chi connectivity index (χ3n) is 3.59. The van der Waals surface area contributed by atoms with Gasteiger partial charge in [-0.3, -0.25) is 14.9 Å². The largest absolute Gasteiger partial charge is 0.370 e. The minimum absolute atomic E-state index is 0.00738. The van der Waals surface area contributed by atoms with Crippen LogP contribution < -0.4 is 16.0 Å². The summed E-state index contributed by atoms with van der Waals surface area (Å²) in [4.78, 5) is 28.1. The third kappa shape index (κ3) is 3.59. The minimum Gasteiger partial charge on any atom is -0.370 e. The fourth-order valence-electron chi connectivity index (χ4n) is 2.43. The Morgan fingerprint density at radius 3 is 2.71 bits per heavy atom. The van der Waals surface area contributed by atoms with Crippen LogP contribution in [0.2, 0.25) is 0 Å². The van der Waals surface area contributed by atoms with E-state index in [4.69, 9.17) is 5.73 Å². The third-order valence-corrected chi connectivity index (χ3v) is 3.59. The molecule has 1 saturated heterocycles. The zero-order valence-corrected chi connectivity index (χ0v) is 11.9. The van der Waals surface area contributed by atoms with Gasteiger partial charge < -0.3 is 16.0 Å². The predicted octanol–water partition coefficient (Wildman–Crippen LogP) is 1.12. The second-order valence-electron chi connectivity index (χ2n) is 5.02. The number of primary amides is 1. The van der Waals surface area contributed by atoms with E-state index >= 15 is 0 Å². The molecule has 1 aromatic heterocycles. The summed E-state index contributed by atoms with van der Waals surface area (Å²) in [6.45, 7) is 3.77. The number of carbonyl (C=O) groups is 1. The van der Waals surface area contributed by atoms with Crippen molar-refractivity contribution in [1.29, 1.82) is 0 Å². The average Bonchev–Trinajstić information content (AvgIpc) is 2.47. The molecule has 3 N–H and O–H groups in total. The molecular formula is C13H19N5O3. The van der Waals surface area contributed by atoms with E-state index in [0.29, 0.717) is 44.1 Å². The van der Waals surface area contributed by atoms with Crippen LogP contribution in [0.1, 0.15) is 19.8 Å².